The fourth-order valence-corrected chi connectivity index (χ4v) is 3.50. The van der Waals surface area contributed by atoms with Gasteiger partial charge in [0.1, 0.15) is 0 Å². The van der Waals surface area contributed by atoms with Crippen LogP contribution in [0.2, 0.25) is 0 Å². The third kappa shape index (κ3) is 3.97. The van der Waals surface area contributed by atoms with Gasteiger partial charge in [-0.3, -0.25) is 0 Å². The predicted molar refractivity (Wildman–Crippen MR) is 80.1 cm³/mol. The number of hydrogen-bond donors (Lipinski definition) is 0. The molecule has 0 saturated heterocycles. The molecule has 0 N–H and O–H groups in total. The topological polar surface area (TPSA) is 0 Å². The third-order valence-corrected chi connectivity index (χ3v) is 4.81. The summed E-state index contributed by atoms with van der Waals surface area (Å²) in [6, 6.07) is 8.46. The SMILES string of the molecule is [2H][C@H](CCCC)[C@@H]([2H])Cc1ccc(-c2cccs2)s1. The highest BCUT2D eigenvalue weighted by Crippen LogP contribution is 2.32. The molecule has 2 atom stereocenters. The van der Waals surface area contributed by atoms with Gasteiger partial charge in [0.05, 0.1) is 0 Å². The van der Waals surface area contributed by atoms with E-state index in [-0.39, 0.29) is 12.8 Å². The van der Waals surface area contributed by atoms with Crippen molar-refractivity contribution in [3.8, 4) is 9.75 Å². The van der Waals surface area contributed by atoms with Crippen molar-refractivity contribution < 1.29 is 2.74 Å². The molecule has 2 heterocycles. The van der Waals surface area contributed by atoms with Gasteiger partial charge < -0.3 is 0 Å². The summed E-state index contributed by atoms with van der Waals surface area (Å²) in [5, 5.41) is 2.09. The Labute approximate surface area is 115 Å². The van der Waals surface area contributed by atoms with Crippen LogP contribution in [-0.2, 0) is 6.42 Å². The molecule has 0 radical (unpaired) electrons. The molecule has 0 nitrogen and oxygen atoms in total. The van der Waals surface area contributed by atoms with Crippen LogP contribution < -0.4 is 0 Å². The fourth-order valence-electron chi connectivity index (χ4n) is 1.68. The van der Waals surface area contributed by atoms with Crippen LogP contribution >= 0.6 is 22.7 Å². The molecule has 0 unspecified atom stereocenters. The lowest BCUT2D eigenvalue weighted by molar-refractivity contribution is 0.634. The van der Waals surface area contributed by atoms with Gasteiger partial charge in [-0.1, -0.05) is 38.6 Å². The second-order valence-electron chi connectivity index (χ2n) is 4.06. The molecule has 0 aromatic carbocycles. The first kappa shape index (κ1) is 10.3. The Hall–Kier alpha value is -0.600. The summed E-state index contributed by atoms with van der Waals surface area (Å²) in [6.45, 7) is 2.14. The van der Waals surface area contributed by atoms with Crippen LogP contribution in [-0.4, -0.2) is 0 Å². The summed E-state index contributed by atoms with van der Waals surface area (Å²) in [4.78, 5) is 3.82. The van der Waals surface area contributed by atoms with Gasteiger partial charge >= 0.3 is 0 Å². The minimum atomic E-state index is -0.290. The molecule has 0 bridgehead atoms. The van der Waals surface area contributed by atoms with E-state index in [1.54, 1.807) is 22.7 Å². The second kappa shape index (κ2) is 6.97. The molecule has 0 aliphatic carbocycles. The number of hydrogen-bond acceptors (Lipinski definition) is 2. The fraction of sp³-hybridized carbons (Fsp3) is 0.467. The van der Waals surface area contributed by atoms with Gasteiger partial charge in [-0.05, 0) is 36.4 Å². The smallest absolute Gasteiger partial charge is 0.0445 e. The maximum atomic E-state index is 8.10. The molecule has 2 aromatic rings. The molecule has 2 heteroatoms. The average Bonchev–Trinajstić information content (AvgIpc) is 3.05. The zero-order valence-corrected chi connectivity index (χ0v) is 11.8. The largest absolute Gasteiger partial charge is 0.143 e. The van der Waals surface area contributed by atoms with Crippen LogP contribution in [0.4, 0.5) is 0 Å². The van der Waals surface area contributed by atoms with Gasteiger partial charge in [0, 0.05) is 17.4 Å². The molecule has 0 fully saturated rings. The van der Waals surface area contributed by atoms with E-state index in [1.807, 2.05) is 0 Å². The Bertz CT molecular complexity index is 476. The molecule has 0 aliphatic rings. The minimum Gasteiger partial charge on any atom is -0.143 e. The molecule has 2 aromatic heterocycles. The van der Waals surface area contributed by atoms with Crippen LogP contribution in [0.25, 0.3) is 9.75 Å². The summed E-state index contributed by atoms with van der Waals surface area (Å²) < 4.78 is 16.1. The van der Waals surface area contributed by atoms with Gasteiger partial charge in [-0.25, -0.2) is 0 Å². The standard InChI is InChI=1S/C15H20S2/c1-2-3-4-5-6-8-13-10-11-15(17-13)14-9-7-12-16-14/h7,9-12H,2-6,8H2,1H3/i5D,6D/t5-,6-/m1/s1. The molecule has 0 aliphatic heterocycles. The van der Waals surface area contributed by atoms with Crippen molar-refractivity contribution in [2.75, 3.05) is 0 Å². The van der Waals surface area contributed by atoms with E-state index in [0.29, 0.717) is 6.42 Å². The molecule has 0 amide bonds. The van der Waals surface area contributed by atoms with Crippen molar-refractivity contribution in [1.82, 2.24) is 0 Å². The van der Waals surface area contributed by atoms with Crippen molar-refractivity contribution in [3.63, 3.8) is 0 Å². The van der Waals surface area contributed by atoms with E-state index in [1.165, 1.54) is 14.6 Å². The molecule has 0 saturated carbocycles. The van der Waals surface area contributed by atoms with Gasteiger partial charge in [0.15, 0.2) is 0 Å². The quantitative estimate of drug-likeness (QED) is 0.577. The number of unbranched alkanes of at least 4 members (excludes halogenated alkanes) is 1. The molecule has 17 heavy (non-hydrogen) atoms. The van der Waals surface area contributed by atoms with Gasteiger partial charge in [0.2, 0.25) is 0 Å². The lowest BCUT2D eigenvalue weighted by Crippen LogP contribution is -1.81. The summed E-state index contributed by atoms with van der Waals surface area (Å²) >= 11 is 3.52. The first-order valence-electron chi connectivity index (χ1n) is 7.33. The molecular weight excluding hydrogens is 244 g/mol. The van der Waals surface area contributed by atoms with E-state index in [0.717, 1.165) is 19.3 Å². The van der Waals surface area contributed by atoms with Crippen molar-refractivity contribution in [2.24, 2.45) is 0 Å². The Morgan fingerprint density at radius 3 is 2.82 bits per heavy atom. The Morgan fingerprint density at radius 1 is 1.12 bits per heavy atom. The van der Waals surface area contributed by atoms with Gasteiger partial charge in [-0.2, -0.15) is 0 Å². The van der Waals surface area contributed by atoms with Crippen molar-refractivity contribution in [2.45, 2.75) is 45.4 Å². The van der Waals surface area contributed by atoms with E-state index >= 15 is 0 Å². The van der Waals surface area contributed by atoms with Crippen molar-refractivity contribution >= 4 is 22.7 Å². The maximum absolute atomic E-state index is 8.10. The van der Waals surface area contributed by atoms with Crippen LogP contribution in [0.1, 0.15) is 46.6 Å². The van der Waals surface area contributed by atoms with Gasteiger partial charge in [-0.15, -0.1) is 22.7 Å². The van der Waals surface area contributed by atoms with E-state index < -0.39 is 0 Å². The average molecular weight is 266 g/mol. The highest BCUT2D eigenvalue weighted by molar-refractivity contribution is 7.21. The first-order chi connectivity index (χ1) is 9.20. The Balaban J connectivity index is 1.92. The molecule has 0 spiro atoms. The lowest BCUT2D eigenvalue weighted by Gasteiger charge is -1.98. The third-order valence-electron chi connectivity index (χ3n) is 2.64. The maximum Gasteiger partial charge on any atom is 0.0445 e. The van der Waals surface area contributed by atoms with Crippen LogP contribution in [0, 0.1) is 0 Å². The second-order valence-corrected chi connectivity index (χ2v) is 6.18. The zero-order valence-electron chi connectivity index (χ0n) is 12.2. The normalized spacial score (nSPS) is 16.3. The Morgan fingerprint density at radius 2 is 2.06 bits per heavy atom. The summed E-state index contributed by atoms with van der Waals surface area (Å²) in [7, 11) is 0. The number of thiophene rings is 2. The predicted octanol–water partition coefficient (Wildman–Crippen LogP) is 5.99. The van der Waals surface area contributed by atoms with Crippen molar-refractivity contribution in [3.05, 3.63) is 34.5 Å². The molecule has 92 valence electrons. The first-order valence-corrected chi connectivity index (χ1v) is 7.87. The highest BCUT2D eigenvalue weighted by Gasteiger charge is 2.03. The lowest BCUT2D eigenvalue weighted by atomic mass is 10.1. The molecular formula is C15H20S2. The van der Waals surface area contributed by atoms with Crippen LogP contribution in [0.5, 0.6) is 0 Å². The Kier molecular flexibility index (Phi) is 4.24. The minimum absolute atomic E-state index is 0.243. The number of rotatable bonds is 7. The summed E-state index contributed by atoms with van der Waals surface area (Å²) in [6.07, 6.45) is 3.22. The zero-order chi connectivity index (χ0) is 13.7. The monoisotopic (exact) mass is 266 g/mol. The van der Waals surface area contributed by atoms with E-state index in [4.69, 9.17) is 2.74 Å². The molecule has 2 rings (SSSR count). The van der Waals surface area contributed by atoms with E-state index in [2.05, 4.69) is 36.6 Å². The number of aryl methyl sites for hydroxylation is 1. The summed E-state index contributed by atoms with van der Waals surface area (Å²) in [5.41, 5.74) is 0. The van der Waals surface area contributed by atoms with E-state index in [9.17, 15) is 0 Å². The van der Waals surface area contributed by atoms with Crippen LogP contribution in [0.3, 0.4) is 0 Å². The van der Waals surface area contributed by atoms with Crippen LogP contribution in [0.15, 0.2) is 29.6 Å². The highest BCUT2D eigenvalue weighted by atomic mass is 32.1. The van der Waals surface area contributed by atoms with Gasteiger partial charge in [0.25, 0.3) is 0 Å². The van der Waals surface area contributed by atoms with Crippen molar-refractivity contribution in [1.29, 1.82) is 0 Å². The summed E-state index contributed by atoms with van der Waals surface area (Å²) in [5.74, 6) is 0.